The summed E-state index contributed by atoms with van der Waals surface area (Å²) in [5, 5.41) is 0. The normalized spacial score (nSPS) is 19.1. The number of carbonyl (C=O) groups excluding carboxylic acids is 1. The minimum atomic E-state index is 0.212. The summed E-state index contributed by atoms with van der Waals surface area (Å²) in [7, 11) is 0. The zero-order valence-corrected chi connectivity index (χ0v) is 13.2. The molecule has 2 aliphatic rings. The van der Waals surface area contributed by atoms with E-state index in [9.17, 15) is 4.79 Å². The summed E-state index contributed by atoms with van der Waals surface area (Å²) >= 11 is 0. The minimum Gasteiger partial charge on any atom is -0.331 e. The fourth-order valence-corrected chi connectivity index (χ4v) is 3.68. The first-order valence-corrected chi connectivity index (χ1v) is 8.32. The highest BCUT2D eigenvalue weighted by Gasteiger charge is 2.34. The lowest BCUT2D eigenvalue weighted by Crippen LogP contribution is -2.44. The lowest BCUT2D eigenvalue weighted by atomic mass is 10.0. The fraction of sp³-hybridized carbons (Fsp3) is 0.368. The van der Waals surface area contributed by atoms with Gasteiger partial charge in [-0.1, -0.05) is 24.3 Å². The van der Waals surface area contributed by atoms with Crippen LogP contribution in [0.25, 0.3) is 0 Å². The third-order valence-electron chi connectivity index (χ3n) is 4.96. The van der Waals surface area contributed by atoms with Gasteiger partial charge in [-0.25, -0.2) is 0 Å². The van der Waals surface area contributed by atoms with E-state index < -0.39 is 0 Å². The Kier molecular flexibility index (Phi) is 3.83. The lowest BCUT2D eigenvalue weighted by Gasteiger charge is -2.36. The van der Waals surface area contributed by atoms with Gasteiger partial charge in [0, 0.05) is 44.0 Å². The van der Waals surface area contributed by atoms with Gasteiger partial charge in [-0.15, -0.1) is 0 Å². The number of fused-ring (bicyclic) bond motifs is 1. The van der Waals surface area contributed by atoms with Crippen molar-refractivity contribution >= 4 is 5.91 Å². The molecular formula is C19H21N3O. The van der Waals surface area contributed by atoms with Crippen molar-refractivity contribution < 1.29 is 4.79 Å². The van der Waals surface area contributed by atoms with E-state index in [0.29, 0.717) is 6.04 Å². The number of likely N-dealkylation sites (tertiary alicyclic amines) is 1. The van der Waals surface area contributed by atoms with Gasteiger partial charge in [-0.3, -0.25) is 14.7 Å². The second kappa shape index (κ2) is 6.13. The van der Waals surface area contributed by atoms with Gasteiger partial charge in [0.15, 0.2) is 0 Å². The van der Waals surface area contributed by atoms with Crippen LogP contribution in [-0.2, 0) is 13.1 Å². The SMILES string of the molecule is O=C1c2ccccc2CN1C1CCN(Cc2ccccn2)CC1. The number of benzene rings is 1. The second-order valence-electron chi connectivity index (χ2n) is 6.42. The van der Waals surface area contributed by atoms with E-state index in [1.807, 2.05) is 36.5 Å². The molecular weight excluding hydrogens is 286 g/mol. The van der Waals surface area contributed by atoms with Crippen molar-refractivity contribution in [1.29, 1.82) is 0 Å². The minimum absolute atomic E-state index is 0.212. The van der Waals surface area contributed by atoms with Crippen molar-refractivity contribution in [3.63, 3.8) is 0 Å². The molecule has 2 aliphatic heterocycles. The van der Waals surface area contributed by atoms with Crippen LogP contribution in [0.1, 0.15) is 34.5 Å². The van der Waals surface area contributed by atoms with E-state index >= 15 is 0 Å². The lowest BCUT2D eigenvalue weighted by molar-refractivity contribution is 0.0589. The van der Waals surface area contributed by atoms with Gasteiger partial charge in [0.05, 0.1) is 5.69 Å². The number of carbonyl (C=O) groups is 1. The van der Waals surface area contributed by atoms with Crippen molar-refractivity contribution in [2.75, 3.05) is 13.1 Å². The molecule has 0 unspecified atom stereocenters. The molecule has 2 aromatic rings. The van der Waals surface area contributed by atoms with Gasteiger partial charge in [-0.05, 0) is 36.6 Å². The summed E-state index contributed by atoms with van der Waals surface area (Å²) in [4.78, 5) is 21.5. The Bertz CT molecular complexity index is 693. The zero-order valence-electron chi connectivity index (χ0n) is 13.2. The third kappa shape index (κ3) is 2.86. The highest BCUT2D eigenvalue weighted by atomic mass is 16.2. The molecule has 4 heteroatoms. The number of aromatic nitrogens is 1. The molecule has 1 amide bonds. The number of piperidine rings is 1. The molecule has 1 saturated heterocycles. The number of hydrogen-bond acceptors (Lipinski definition) is 3. The molecule has 1 aromatic heterocycles. The van der Waals surface area contributed by atoms with Crippen LogP contribution in [0.5, 0.6) is 0 Å². The maximum Gasteiger partial charge on any atom is 0.254 e. The summed E-state index contributed by atoms with van der Waals surface area (Å²) in [6, 6.07) is 14.4. The Morgan fingerprint density at radius 2 is 1.83 bits per heavy atom. The summed E-state index contributed by atoms with van der Waals surface area (Å²) < 4.78 is 0. The van der Waals surface area contributed by atoms with Crippen molar-refractivity contribution in [2.45, 2.75) is 32.0 Å². The zero-order chi connectivity index (χ0) is 15.6. The molecule has 0 radical (unpaired) electrons. The summed E-state index contributed by atoms with van der Waals surface area (Å²) in [5.74, 6) is 0.212. The molecule has 4 rings (SSSR count). The number of rotatable bonds is 3. The summed E-state index contributed by atoms with van der Waals surface area (Å²) in [6.45, 7) is 3.74. The van der Waals surface area contributed by atoms with Gasteiger partial charge >= 0.3 is 0 Å². The maximum atomic E-state index is 12.6. The molecule has 0 spiro atoms. The number of pyridine rings is 1. The smallest absolute Gasteiger partial charge is 0.254 e. The molecule has 0 bridgehead atoms. The molecule has 0 atom stereocenters. The highest BCUT2D eigenvalue weighted by molar-refractivity contribution is 5.98. The molecule has 0 aliphatic carbocycles. The second-order valence-corrected chi connectivity index (χ2v) is 6.42. The average Bonchev–Trinajstić information content (AvgIpc) is 2.94. The number of amides is 1. The largest absolute Gasteiger partial charge is 0.331 e. The molecule has 1 aromatic carbocycles. The topological polar surface area (TPSA) is 36.4 Å². The first-order chi connectivity index (χ1) is 11.3. The van der Waals surface area contributed by atoms with Gasteiger partial charge in [0.25, 0.3) is 5.91 Å². The Hall–Kier alpha value is -2.20. The summed E-state index contributed by atoms with van der Waals surface area (Å²) in [5.41, 5.74) is 3.19. The Balaban J connectivity index is 1.37. The highest BCUT2D eigenvalue weighted by Crippen LogP contribution is 2.28. The van der Waals surface area contributed by atoms with Crippen molar-refractivity contribution in [3.8, 4) is 0 Å². The van der Waals surface area contributed by atoms with Crippen LogP contribution in [0.15, 0.2) is 48.7 Å². The third-order valence-corrected chi connectivity index (χ3v) is 4.96. The Labute approximate surface area is 136 Å². The average molecular weight is 307 g/mol. The molecule has 1 fully saturated rings. The molecule has 0 saturated carbocycles. The molecule has 118 valence electrons. The van der Waals surface area contributed by atoms with Crippen LogP contribution in [0.3, 0.4) is 0 Å². The van der Waals surface area contributed by atoms with E-state index in [4.69, 9.17) is 0 Å². The number of nitrogens with zero attached hydrogens (tertiary/aromatic N) is 3. The van der Waals surface area contributed by atoms with Gasteiger partial charge in [0.2, 0.25) is 0 Å². The van der Waals surface area contributed by atoms with E-state index in [1.54, 1.807) is 0 Å². The van der Waals surface area contributed by atoms with Crippen molar-refractivity contribution in [3.05, 3.63) is 65.5 Å². The first-order valence-electron chi connectivity index (χ1n) is 8.32. The first kappa shape index (κ1) is 14.4. The Morgan fingerprint density at radius 3 is 2.57 bits per heavy atom. The van der Waals surface area contributed by atoms with Gasteiger partial charge in [0.1, 0.15) is 0 Å². The quantitative estimate of drug-likeness (QED) is 0.875. The van der Waals surface area contributed by atoms with E-state index in [0.717, 1.165) is 50.3 Å². The van der Waals surface area contributed by atoms with Crippen LogP contribution >= 0.6 is 0 Å². The van der Waals surface area contributed by atoms with Crippen molar-refractivity contribution in [2.24, 2.45) is 0 Å². The molecule has 0 N–H and O–H groups in total. The van der Waals surface area contributed by atoms with E-state index in [2.05, 4.69) is 26.9 Å². The van der Waals surface area contributed by atoms with Crippen LogP contribution in [0.2, 0.25) is 0 Å². The van der Waals surface area contributed by atoms with Gasteiger partial charge in [-0.2, -0.15) is 0 Å². The van der Waals surface area contributed by atoms with Crippen LogP contribution in [0, 0.1) is 0 Å². The summed E-state index contributed by atoms with van der Waals surface area (Å²) in [6.07, 6.45) is 3.95. The Morgan fingerprint density at radius 1 is 1.04 bits per heavy atom. The van der Waals surface area contributed by atoms with Gasteiger partial charge < -0.3 is 4.90 Å². The van der Waals surface area contributed by atoms with E-state index in [-0.39, 0.29) is 5.91 Å². The predicted molar refractivity (Wildman–Crippen MR) is 88.9 cm³/mol. The standard InChI is InChI=1S/C19H21N3O/c23-19-18-7-2-1-5-15(18)13-22(19)17-8-11-21(12-9-17)14-16-6-3-4-10-20-16/h1-7,10,17H,8-9,11-14H2. The predicted octanol–water partition coefficient (Wildman–Crippen LogP) is 2.70. The van der Waals surface area contributed by atoms with Crippen LogP contribution < -0.4 is 0 Å². The fourth-order valence-electron chi connectivity index (χ4n) is 3.68. The van der Waals surface area contributed by atoms with E-state index in [1.165, 1.54) is 5.56 Å². The number of hydrogen-bond donors (Lipinski definition) is 0. The molecule has 23 heavy (non-hydrogen) atoms. The molecule has 3 heterocycles. The monoisotopic (exact) mass is 307 g/mol. The van der Waals surface area contributed by atoms with Crippen molar-refractivity contribution in [1.82, 2.24) is 14.8 Å². The molecule has 4 nitrogen and oxygen atoms in total. The maximum absolute atomic E-state index is 12.6. The van der Waals surface area contributed by atoms with Crippen LogP contribution in [-0.4, -0.2) is 39.8 Å². The van der Waals surface area contributed by atoms with Crippen LogP contribution in [0.4, 0.5) is 0 Å².